The normalized spacial score (nSPS) is 9.71. The number of halogens is 2. The van der Waals surface area contributed by atoms with Crippen LogP contribution in [0.2, 0.25) is 5.02 Å². The molecule has 3 nitrogen and oxygen atoms in total. The van der Waals surface area contributed by atoms with Crippen molar-refractivity contribution in [2.45, 2.75) is 0 Å². The van der Waals surface area contributed by atoms with Crippen LogP contribution in [0.1, 0.15) is 5.56 Å². The molecule has 84 valence electrons. The smallest absolute Gasteiger partial charge is 0.148 e. The van der Waals surface area contributed by atoms with E-state index < -0.39 is 5.82 Å². The summed E-state index contributed by atoms with van der Waals surface area (Å²) < 4.78 is 13.5. The molecular weight excluding hydrogens is 241 g/mol. The van der Waals surface area contributed by atoms with Crippen molar-refractivity contribution in [3.8, 4) is 6.07 Å². The van der Waals surface area contributed by atoms with Gasteiger partial charge in [0.15, 0.2) is 0 Å². The van der Waals surface area contributed by atoms with E-state index >= 15 is 0 Å². The summed E-state index contributed by atoms with van der Waals surface area (Å²) in [5, 5.41) is 12.0. The van der Waals surface area contributed by atoms with E-state index in [1.165, 1.54) is 24.5 Å². The molecule has 0 aliphatic heterocycles. The minimum atomic E-state index is -0.481. The van der Waals surface area contributed by atoms with Crippen LogP contribution in [0.15, 0.2) is 36.7 Å². The summed E-state index contributed by atoms with van der Waals surface area (Å²) >= 11 is 5.65. The van der Waals surface area contributed by atoms with Gasteiger partial charge in [0.25, 0.3) is 0 Å². The van der Waals surface area contributed by atoms with Crippen molar-refractivity contribution in [1.29, 1.82) is 5.26 Å². The number of nitriles is 1. The Kier molecular flexibility index (Phi) is 3.22. The Labute approximate surface area is 102 Å². The molecule has 0 radical (unpaired) electrons. The largest absolute Gasteiger partial charge is 0.351 e. The third-order valence-electron chi connectivity index (χ3n) is 2.14. The lowest BCUT2D eigenvalue weighted by Gasteiger charge is -2.08. The number of aromatic nitrogens is 1. The van der Waals surface area contributed by atoms with Crippen molar-refractivity contribution in [2.75, 3.05) is 5.32 Å². The van der Waals surface area contributed by atoms with Crippen LogP contribution >= 0.6 is 11.6 Å². The van der Waals surface area contributed by atoms with E-state index in [-0.39, 0.29) is 5.69 Å². The van der Waals surface area contributed by atoms with E-state index in [4.69, 9.17) is 16.9 Å². The molecule has 5 heteroatoms. The zero-order valence-corrected chi connectivity index (χ0v) is 9.37. The Balaban J connectivity index is 2.35. The molecule has 0 atom stereocenters. The second-order valence-corrected chi connectivity index (χ2v) is 3.72. The predicted molar refractivity (Wildman–Crippen MR) is 63.6 cm³/mol. The molecule has 0 aliphatic carbocycles. The van der Waals surface area contributed by atoms with Gasteiger partial charge in [-0.15, -0.1) is 0 Å². The highest BCUT2D eigenvalue weighted by atomic mass is 35.5. The Hall–Kier alpha value is -2.12. The summed E-state index contributed by atoms with van der Waals surface area (Å²) in [7, 11) is 0. The van der Waals surface area contributed by atoms with Gasteiger partial charge in [0.2, 0.25) is 0 Å². The van der Waals surface area contributed by atoms with Gasteiger partial charge in [0, 0.05) is 11.2 Å². The summed E-state index contributed by atoms with van der Waals surface area (Å²) in [5.74, 6) is -0.481. The number of rotatable bonds is 2. The van der Waals surface area contributed by atoms with E-state index in [9.17, 15) is 4.39 Å². The maximum absolute atomic E-state index is 13.5. The third kappa shape index (κ3) is 2.52. The molecule has 2 rings (SSSR count). The van der Waals surface area contributed by atoms with Crippen molar-refractivity contribution in [1.82, 2.24) is 4.98 Å². The van der Waals surface area contributed by atoms with Gasteiger partial charge < -0.3 is 5.32 Å². The molecule has 0 amide bonds. The van der Waals surface area contributed by atoms with Crippen LogP contribution < -0.4 is 5.32 Å². The average molecular weight is 248 g/mol. The zero-order chi connectivity index (χ0) is 12.3. The topological polar surface area (TPSA) is 48.7 Å². The first-order chi connectivity index (χ1) is 8.20. The number of hydrogen-bond acceptors (Lipinski definition) is 3. The molecule has 1 aromatic heterocycles. The van der Waals surface area contributed by atoms with Crippen LogP contribution in [-0.2, 0) is 0 Å². The molecule has 2 aromatic rings. The number of pyridine rings is 1. The number of nitrogens with zero attached hydrogens (tertiary/aromatic N) is 2. The quantitative estimate of drug-likeness (QED) is 0.884. The van der Waals surface area contributed by atoms with Gasteiger partial charge in [-0.2, -0.15) is 5.26 Å². The maximum atomic E-state index is 13.5. The summed E-state index contributed by atoms with van der Waals surface area (Å²) in [6.45, 7) is 0. The van der Waals surface area contributed by atoms with E-state index in [1.54, 1.807) is 12.1 Å². The van der Waals surface area contributed by atoms with Gasteiger partial charge in [-0.25, -0.2) is 4.39 Å². The molecule has 0 aliphatic rings. The fourth-order valence-electron chi connectivity index (χ4n) is 1.33. The Morgan fingerprint density at radius 3 is 2.82 bits per heavy atom. The van der Waals surface area contributed by atoms with Crippen LogP contribution in [0, 0.1) is 17.1 Å². The second kappa shape index (κ2) is 4.81. The van der Waals surface area contributed by atoms with Crippen LogP contribution in [0.5, 0.6) is 0 Å². The van der Waals surface area contributed by atoms with Crippen LogP contribution in [0.4, 0.5) is 15.8 Å². The lowest BCUT2D eigenvalue weighted by molar-refractivity contribution is 0.632. The Morgan fingerprint density at radius 1 is 1.29 bits per heavy atom. The minimum absolute atomic E-state index is 0.249. The molecule has 17 heavy (non-hydrogen) atoms. The van der Waals surface area contributed by atoms with E-state index in [0.717, 1.165) is 0 Å². The highest BCUT2D eigenvalue weighted by Crippen LogP contribution is 2.24. The number of hydrogen-bond donors (Lipinski definition) is 1. The van der Waals surface area contributed by atoms with E-state index in [0.29, 0.717) is 16.3 Å². The summed E-state index contributed by atoms with van der Waals surface area (Å²) in [4.78, 5) is 3.87. The molecule has 1 aromatic carbocycles. The van der Waals surface area contributed by atoms with Crippen LogP contribution in [-0.4, -0.2) is 4.98 Å². The van der Waals surface area contributed by atoms with Gasteiger partial charge in [-0.05, 0) is 24.3 Å². The average Bonchev–Trinajstić information content (AvgIpc) is 2.33. The van der Waals surface area contributed by atoms with Crippen molar-refractivity contribution in [2.24, 2.45) is 0 Å². The molecular formula is C12H7ClFN3. The van der Waals surface area contributed by atoms with E-state index in [1.807, 2.05) is 6.07 Å². The summed E-state index contributed by atoms with van der Waals surface area (Å²) in [6, 6.07) is 7.82. The first-order valence-electron chi connectivity index (χ1n) is 4.77. The molecule has 0 saturated heterocycles. The Morgan fingerprint density at radius 2 is 2.12 bits per heavy atom. The molecule has 1 N–H and O–H groups in total. The van der Waals surface area contributed by atoms with Gasteiger partial charge >= 0.3 is 0 Å². The molecule has 0 saturated carbocycles. The maximum Gasteiger partial charge on any atom is 0.148 e. The molecule has 1 heterocycles. The summed E-state index contributed by atoms with van der Waals surface area (Å²) in [6.07, 6.45) is 2.97. The molecule has 0 fully saturated rings. The monoisotopic (exact) mass is 247 g/mol. The fraction of sp³-hybridized carbons (Fsp3) is 0. The SMILES string of the molecule is N#Cc1ccncc1Nc1ccc(Cl)cc1F. The highest BCUT2D eigenvalue weighted by Gasteiger charge is 2.06. The number of anilines is 2. The number of nitrogens with one attached hydrogen (secondary N) is 1. The molecule has 0 bridgehead atoms. The summed E-state index contributed by atoms with van der Waals surface area (Å²) in [5.41, 5.74) is 1.10. The van der Waals surface area contributed by atoms with E-state index in [2.05, 4.69) is 10.3 Å². The van der Waals surface area contributed by atoms with Gasteiger partial charge in [0.1, 0.15) is 11.9 Å². The van der Waals surface area contributed by atoms with Gasteiger partial charge in [0.05, 0.1) is 23.1 Å². The molecule has 0 spiro atoms. The van der Waals surface area contributed by atoms with Gasteiger partial charge in [-0.3, -0.25) is 4.98 Å². The first-order valence-corrected chi connectivity index (χ1v) is 5.14. The van der Waals surface area contributed by atoms with Crippen LogP contribution in [0.3, 0.4) is 0 Å². The van der Waals surface area contributed by atoms with Crippen molar-refractivity contribution < 1.29 is 4.39 Å². The first kappa shape index (κ1) is 11.4. The van der Waals surface area contributed by atoms with Crippen LogP contribution in [0.25, 0.3) is 0 Å². The Bertz CT molecular complexity index is 593. The lowest BCUT2D eigenvalue weighted by atomic mass is 10.2. The standard InChI is InChI=1S/C12H7ClFN3/c13-9-1-2-11(10(14)5-9)17-12-7-16-4-3-8(12)6-15/h1-5,7,17H. The third-order valence-corrected chi connectivity index (χ3v) is 2.38. The van der Waals surface area contributed by atoms with Gasteiger partial charge in [-0.1, -0.05) is 11.6 Å². The van der Waals surface area contributed by atoms with Crippen molar-refractivity contribution >= 4 is 23.0 Å². The zero-order valence-electron chi connectivity index (χ0n) is 8.61. The lowest BCUT2D eigenvalue weighted by Crippen LogP contribution is -1.96. The predicted octanol–water partition coefficient (Wildman–Crippen LogP) is 3.49. The highest BCUT2D eigenvalue weighted by molar-refractivity contribution is 6.30. The van der Waals surface area contributed by atoms with Crippen molar-refractivity contribution in [3.05, 3.63) is 53.1 Å². The fourth-order valence-corrected chi connectivity index (χ4v) is 1.49. The minimum Gasteiger partial charge on any atom is -0.351 e. The number of benzene rings is 1. The second-order valence-electron chi connectivity index (χ2n) is 3.28. The van der Waals surface area contributed by atoms with Crippen molar-refractivity contribution in [3.63, 3.8) is 0 Å². The molecule has 0 unspecified atom stereocenters.